The number of carbonyl (C=O) groups is 2. The Labute approximate surface area is 148 Å². The lowest BCUT2D eigenvalue weighted by Crippen LogP contribution is -2.42. The Balaban J connectivity index is 1.82. The Morgan fingerprint density at radius 3 is 2.40 bits per heavy atom. The van der Waals surface area contributed by atoms with Gasteiger partial charge >= 0.3 is 0 Å². The molecule has 1 fully saturated rings. The number of rotatable bonds is 7. The molecule has 1 aliphatic heterocycles. The Bertz CT molecular complexity index is 597. The van der Waals surface area contributed by atoms with Crippen LogP contribution in [0, 0.1) is 5.92 Å². The van der Waals surface area contributed by atoms with Gasteiger partial charge in [0.2, 0.25) is 5.91 Å². The topological polar surface area (TPSA) is 77.1 Å². The van der Waals surface area contributed by atoms with Gasteiger partial charge in [-0.1, -0.05) is 0 Å². The maximum Gasteiger partial charge on any atom is 0.251 e. The number of nitrogens with one attached hydrogen (secondary N) is 1. The first-order chi connectivity index (χ1) is 12.1. The second-order valence-electron chi connectivity index (χ2n) is 6.04. The van der Waals surface area contributed by atoms with E-state index in [1.807, 2.05) is 4.90 Å². The van der Waals surface area contributed by atoms with E-state index in [0.717, 1.165) is 12.8 Å². The molecule has 1 aliphatic rings. The minimum atomic E-state index is -0.140. The monoisotopic (exact) mass is 350 g/mol. The molecule has 138 valence electrons. The quantitative estimate of drug-likeness (QED) is 0.802. The maximum atomic E-state index is 12.3. The van der Waals surface area contributed by atoms with E-state index in [2.05, 4.69) is 5.32 Å². The molecule has 0 unspecified atom stereocenters. The van der Waals surface area contributed by atoms with Crippen molar-refractivity contribution in [1.29, 1.82) is 0 Å². The first kappa shape index (κ1) is 19.1. The van der Waals surface area contributed by atoms with Crippen molar-refractivity contribution in [2.45, 2.75) is 12.8 Å². The van der Waals surface area contributed by atoms with Crippen LogP contribution in [0.15, 0.2) is 18.2 Å². The fourth-order valence-electron chi connectivity index (χ4n) is 2.92. The summed E-state index contributed by atoms with van der Waals surface area (Å²) in [4.78, 5) is 25.9. The smallest absolute Gasteiger partial charge is 0.251 e. The van der Waals surface area contributed by atoms with Gasteiger partial charge in [-0.05, 0) is 37.0 Å². The van der Waals surface area contributed by atoms with Crippen LogP contribution in [0.2, 0.25) is 0 Å². The number of likely N-dealkylation sites (tertiary alicyclic amines) is 1. The van der Waals surface area contributed by atoms with Crippen molar-refractivity contribution in [2.75, 3.05) is 47.6 Å². The summed E-state index contributed by atoms with van der Waals surface area (Å²) in [7, 11) is 4.62. The van der Waals surface area contributed by atoms with E-state index in [-0.39, 0.29) is 18.4 Å². The minimum Gasteiger partial charge on any atom is -0.493 e. The molecule has 0 spiro atoms. The molecule has 2 amide bonds. The fourth-order valence-corrected chi connectivity index (χ4v) is 2.92. The van der Waals surface area contributed by atoms with Crippen LogP contribution in [0.3, 0.4) is 0 Å². The standard InChI is InChI=1S/C18H26N2O5/c1-23-12-17(21)20-8-6-13(7-9-20)11-19-18(22)14-4-5-15(24-2)16(10-14)25-3/h4-5,10,13H,6-9,11-12H2,1-3H3,(H,19,22). The second-order valence-corrected chi connectivity index (χ2v) is 6.04. The van der Waals surface area contributed by atoms with Crippen molar-refractivity contribution in [3.8, 4) is 11.5 Å². The number of methoxy groups -OCH3 is 3. The SMILES string of the molecule is COCC(=O)N1CCC(CNC(=O)c2ccc(OC)c(OC)c2)CC1. The second kappa shape index (κ2) is 9.27. The Kier molecular flexibility index (Phi) is 7.06. The van der Waals surface area contributed by atoms with Gasteiger partial charge in [0.25, 0.3) is 5.91 Å². The van der Waals surface area contributed by atoms with Crippen LogP contribution in [0.5, 0.6) is 11.5 Å². The number of amides is 2. The molecule has 0 aromatic heterocycles. The van der Waals surface area contributed by atoms with Crippen molar-refractivity contribution in [2.24, 2.45) is 5.92 Å². The molecule has 0 saturated carbocycles. The molecule has 1 saturated heterocycles. The lowest BCUT2D eigenvalue weighted by atomic mass is 9.96. The van der Waals surface area contributed by atoms with E-state index < -0.39 is 0 Å². The third-order valence-electron chi connectivity index (χ3n) is 4.43. The van der Waals surface area contributed by atoms with Crippen molar-refractivity contribution >= 4 is 11.8 Å². The van der Waals surface area contributed by atoms with Crippen LogP contribution in [0.25, 0.3) is 0 Å². The Hall–Kier alpha value is -2.28. The zero-order chi connectivity index (χ0) is 18.2. The van der Waals surface area contributed by atoms with Crippen LogP contribution in [0.1, 0.15) is 23.2 Å². The van der Waals surface area contributed by atoms with Gasteiger partial charge in [-0.3, -0.25) is 9.59 Å². The third kappa shape index (κ3) is 5.09. The summed E-state index contributed by atoms with van der Waals surface area (Å²) in [5.74, 6) is 1.37. The molecule has 0 atom stereocenters. The molecule has 1 heterocycles. The first-order valence-electron chi connectivity index (χ1n) is 8.36. The highest BCUT2D eigenvalue weighted by atomic mass is 16.5. The van der Waals surface area contributed by atoms with E-state index in [4.69, 9.17) is 14.2 Å². The number of hydrogen-bond donors (Lipinski definition) is 1. The van der Waals surface area contributed by atoms with Gasteiger partial charge < -0.3 is 24.4 Å². The Morgan fingerprint density at radius 1 is 1.12 bits per heavy atom. The fraction of sp³-hybridized carbons (Fsp3) is 0.556. The lowest BCUT2D eigenvalue weighted by Gasteiger charge is -2.32. The van der Waals surface area contributed by atoms with Crippen molar-refractivity contribution < 1.29 is 23.8 Å². The van der Waals surface area contributed by atoms with Gasteiger partial charge in [-0.25, -0.2) is 0 Å². The molecule has 7 heteroatoms. The molecule has 25 heavy (non-hydrogen) atoms. The first-order valence-corrected chi connectivity index (χ1v) is 8.36. The van der Waals surface area contributed by atoms with Crippen LogP contribution < -0.4 is 14.8 Å². The van der Waals surface area contributed by atoms with Gasteiger partial charge in [-0.2, -0.15) is 0 Å². The molecule has 0 radical (unpaired) electrons. The minimum absolute atomic E-state index is 0.0234. The molecular weight excluding hydrogens is 324 g/mol. The largest absolute Gasteiger partial charge is 0.493 e. The predicted molar refractivity (Wildman–Crippen MR) is 93.1 cm³/mol. The van der Waals surface area contributed by atoms with Crippen molar-refractivity contribution in [3.05, 3.63) is 23.8 Å². The molecule has 0 aliphatic carbocycles. The zero-order valence-electron chi connectivity index (χ0n) is 15.0. The molecule has 1 N–H and O–H groups in total. The summed E-state index contributed by atoms with van der Waals surface area (Å²) < 4.78 is 15.3. The zero-order valence-corrected chi connectivity index (χ0v) is 15.0. The number of ether oxygens (including phenoxy) is 3. The summed E-state index contributed by atoms with van der Waals surface area (Å²) in [5.41, 5.74) is 0.533. The van der Waals surface area contributed by atoms with Gasteiger partial charge in [-0.15, -0.1) is 0 Å². The summed E-state index contributed by atoms with van der Waals surface area (Å²) >= 11 is 0. The summed E-state index contributed by atoms with van der Waals surface area (Å²) in [5, 5.41) is 2.96. The lowest BCUT2D eigenvalue weighted by molar-refractivity contribution is -0.136. The van der Waals surface area contributed by atoms with Gasteiger partial charge in [0.1, 0.15) is 6.61 Å². The van der Waals surface area contributed by atoms with Crippen LogP contribution in [0.4, 0.5) is 0 Å². The summed E-state index contributed by atoms with van der Waals surface area (Å²) in [6.45, 7) is 2.14. The number of piperidine rings is 1. The third-order valence-corrected chi connectivity index (χ3v) is 4.43. The average Bonchev–Trinajstić information content (AvgIpc) is 2.66. The van der Waals surface area contributed by atoms with E-state index in [9.17, 15) is 9.59 Å². The van der Waals surface area contributed by atoms with E-state index in [1.165, 1.54) is 14.2 Å². The highest BCUT2D eigenvalue weighted by Gasteiger charge is 2.23. The number of carbonyl (C=O) groups excluding carboxylic acids is 2. The predicted octanol–water partition coefficient (Wildman–Crippen LogP) is 1.32. The van der Waals surface area contributed by atoms with Gasteiger partial charge in [0.15, 0.2) is 11.5 Å². The van der Waals surface area contributed by atoms with E-state index in [0.29, 0.717) is 42.6 Å². The van der Waals surface area contributed by atoms with E-state index in [1.54, 1.807) is 25.3 Å². The van der Waals surface area contributed by atoms with Crippen LogP contribution >= 0.6 is 0 Å². The molecule has 1 aromatic rings. The van der Waals surface area contributed by atoms with Crippen molar-refractivity contribution in [3.63, 3.8) is 0 Å². The Morgan fingerprint density at radius 2 is 1.80 bits per heavy atom. The van der Waals surface area contributed by atoms with Gasteiger partial charge in [0.05, 0.1) is 14.2 Å². The number of benzene rings is 1. The molecule has 7 nitrogen and oxygen atoms in total. The molecule has 1 aromatic carbocycles. The summed E-state index contributed by atoms with van der Waals surface area (Å²) in [6.07, 6.45) is 1.75. The molecular formula is C18H26N2O5. The normalized spacial score (nSPS) is 14.9. The highest BCUT2D eigenvalue weighted by molar-refractivity contribution is 5.94. The van der Waals surface area contributed by atoms with Gasteiger partial charge in [0, 0.05) is 32.3 Å². The van der Waals surface area contributed by atoms with Crippen LogP contribution in [-0.4, -0.2) is 64.3 Å². The molecule has 2 rings (SSSR count). The average molecular weight is 350 g/mol. The highest BCUT2D eigenvalue weighted by Crippen LogP contribution is 2.27. The van der Waals surface area contributed by atoms with Crippen LogP contribution in [-0.2, 0) is 9.53 Å². The number of nitrogens with zero attached hydrogens (tertiary/aromatic N) is 1. The molecule has 0 bridgehead atoms. The number of hydrogen-bond acceptors (Lipinski definition) is 5. The summed E-state index contributed by atoms with van der Waals surface area (Å²) in [6, 6.07) is 5.09. The van der Waals surface area contributed by atoms with Crippen molar-refractivity contribution in [1.82, 2.24) is 10.2 Å². The van der Waals surface area contributed by atoms with E-state index >= 15 is 0 Å². The maximum absolute atomic E-state index is 12.3.